The minimum Gasteiger partial charge on any atom is -0.406 e. The van der Waals surface area contributed by atoms with Crippen molar-refractivity contribution in [1.82, 2.24) is 0 Å². The van der Waals surface area contributed by atoms with Crippen LogP contribution >= 0.6 is 0 Å². The molecule has 0 fully saturated rings. The molecule has 0 unspecified atom stereocenters. The van der Waals surface area contributed by atoms with Crippen molar-refractivity contribution in [2.75, 3.05) is 0 Å². The van der Waals surface area contributed by atoms with E-state index in [1.54, 1.807) is 0 Å². The predicted molar refractivity (Wildman–Crippen MR) is 42.3 cm³/mol. The van der Waals surface area contributed by atoms with Crippen LogP contribution in [0.4, 0.5) is 18.9 Å². The fourth-order valence-corrected chi connectivity index (χ4v) is 0.779. The Morgan fingerprint density at radius 3 is 2.54 bits per heavy atom. The lowest BCUT2D eigenvalue weighted by atomic mass is 10.3. The van der Waals surface area contributed by atoms with E-state index in [4.69, 9.17) is 0 Å². The van der Waals surface area contributed by atoms with Crippen molar-refractivity contribution in [2.45, 2.75) is 6.36 Å². The number of hydrogen-bond acceptors (Lipinski definition) is 2. The van der Waals surface area contributed by atoms with Crippen LogP contribution < -0.4 is 4.74 Å². The van der Waals surface area contributed by atoms with Gasteiger partial charge in [0.1, 0.15) is 5.75 Å². The summed E-state index contributed by atoms with van der Waals surface area (Å²) in [5.74, 6) is -0.294. The second-order valence-electron chi connectivity index (χ2n) is 2.20. The summed E-state index contributed by atoms with van der Waals surface area (Å²) in [6, 6.07) is 5.28. The Kier molecular flexibility index (Phi) is 2.55. The first-order valence-corrected chi connectivity index (χ1v) is 3.34. The quantitative estimate of drug-likeness (QED) is 0.655. The molecule has 0 aromatic heterocycles. The molecule has 5 heteroatoms. The van der Waals surface area contributed by atoms with E-state index >= 15 is 0 Å². The second kappa shape index (κ2) is 3.47. The number of ether oxygens (including phenoxy) is 1. The molecule has 0 heterocycles. The molecule has 0 aliphatic heterocycles. The molecule has 2 nitrogen and oxygen atoms in total. The Morgan fingerprint density at radius 1 is 1.31 bits per heavy atom. The van der Waals surface area contributed by atoms with Crippen molar-refractivity contribution in [1.29, 1.82) is 0 Å². The molecule has 0 atom stereocenters. The second-order valence-corrected chi connectivity index (χ2v) is 2.20. The topological polar surface area (TPSA) is 21.6 Å². The molecule has 1 rings (SSSR count). The summed E-state index contributed by atoms with van der Waals surface area (Å²) in [6.07, 6.45) is -4.67. The van der Waals surface area contributed by atoms with Crippen LogP contribution in [-0.4, -0.2) is 13.1 Å². The lowest BCUT2D eigenvalue weighted by Crippen LogP contribution is -2.16. The molecule has 13 heavy (non-hydrogen) atoms. The Hall–Kier alpha value is -1.52. The van der Waals surface area contributed by atoms with Crippen LogP contribution in [0, 0.1) is 0 Å². The molecule has 0 aliphatic carbocycles. The van der Waals surface area contributed by atoms with Crippen LogP contribution in [0.2, 0.25) is 0 Å². The van der Waals surface area contributed by atoms with Gasteiger partial charge in [0.15, 0.2) is 0 Å². The van der Waals surface area contributed by atoms with Gasteiger partial charge in [0.05, 0.1) is 5.69 Å². The minimum absolute atomic E-state index is 0.294. The third kappa shape index (κ3) is 3.14. The smallest absolute Gasteiger partial charge is 0.406 e. The maximum atomic E-state index is 11.7. The number of rotatable bonds is 2. The zero-order valence-electron chi connectivity index (χ0n) is 6.51. The Labute approximate surface area is 72.7 Å². The first-order chi connectivity index (χ1) is 6.01. The summed E-state index contributed by atoms with van der Waals surface area (Å²) in [6.45, 7) is 3.18. The molecule has 0 saturated carbocycles. The van der Waals surface area contributed by atoms with Gasteiger partial charge in [0.25, 0.3) is 0 Å². The van der Waals surface area contributed by atoms with Crippen molar-refractivity contribution < 1.29 is 17.9 Å². The van der Waals surface area contributed by atoms with E-state index in [1.807, 2.05) is 0 Å². The summed E-state index contributed by atoms with van der Waals surface area (Å²) < 4.78 is 38.8. The van der Waals surface area contributed by atoms with Gasteiger partial charge in [0, 0.05) is 6.07 Å². The molecule has 0 spiro atoms. The Balaban J connectivity index is 2.84. The van der Waals surface area contributed by atoms with Crippen LogP contribution in [0.3, 0.4) is 0 Å². The van der Waals surface area contributed by atoms with E-state index in [-0.39, 0.29) is 5.75 Å². The Bertz CT molecular complexity index is 309. The summed E-state index contributed by atoms with van der Waals surface area (Å²) in [5, 5.41) is 0. The van der Waals surface area contributed by atoms with E-state index < -0.39 is 6.36 Å². The molecular formula is C8H6F3NO. The number of halogens is 3. The molecule has 0 amide bonds. The Morgan fingerprint density at radius 2 is 2.00 bits per heavy atom. The molecule has 0 N–H and O–H groups in total. The number of benzene rings is 1. The average molecular weight is 189 g/mol. The average Bonchev–Trinajstić information content (AvgIpc) is 2.01. The maximum absolute atomic E-state index is 11.7. The van der Waals surface area contributed by atoms with Gasteiger partial charge < -0.3 is 4.74 Å². The number of nitrogens with zero attached hydrogens (tertiary/aromatic N) is 1. The molecule has 70 valence electrons. The number of alkyl halides is 3. The van der Waals surface area contributed by atoms with Gasteiger partial charge in [-0.05, 0) is 18.9 Å². The van der Waals surface area contributed by atoms with E-state index in [9.17, 15) is 13.2 Å². The zero-order valence-corrected chi connectivity index (χ0v) is 6.51. The van der Waals surface area contributed by atoms with Gasteiger partial charge in [-0.15, -0.1) is 13.2 Å². The van der Waals surface area contributed by atoms with Crippen molar-refractivity contribution in [3.05, 3.63) is 24.3 Å². The van der Waals surface area contributed by atoms with Crippen molar-refractivity contribution >= 4 is 12.4 Å². The molecule has 0 radical (unpaired) electrons. The van der Waals surface area contributed by atoms with Crippen molar-refractivity contribution in [3.63, 3.8) is 0 Å². The largest absolute Gasteiger partial charge is 0.573 e. The van der Waals surface area contributed by atoms with E-state index in [0.717, 1.165) is 6.07 Å². The van der Waals surface area contributed by atoms with E-state index in [0.29, 0.717) is 5.69 Å². The highest BCUT2D eigenvalue weighted by Crippen LogP contribution is 2.25. The molecule has 1 aromatic carbocycles. The molecule has 1 aromatic rings. The molecule has 0 bridgehead atoms. The summed E-state index contributed by atoms with van der Waals surface area (Å²) >= 11 is 0. The lowest BCUT2D eigenvalue weighted by Gasteiger charge is -2.08. The monoisotopic (exact) mass is 189 g/mol. The normalized spacial score (nSPS) is 11.0. The summed E-state index contributed by atoms with van der Waals surface area (Å²) in [7, 11) is 0. The van der Waals surface area contributed by atoms with Crippen LogP contribution in [0.5, 0.6) is 5.75 Å². The van der Waals surface area contributed by atoms with E-state index in [1.165, 1.54) is 18.2 Å². The first-order valence-electron chi connectivity index (χ1n) is 3.34. The fourth-order valence-electron chi connectivity index (χ4n) is 0.779. The van der Waals surface area contributed by atoms with Gasteiger partial charge in [-0.1, -0.05) is 6.07 Å². The highest BCUT2D eigenvalue weighted by Gasteiger charge is 2.30. The van der Waals surface area contributed by atoms with Gasteiger partial charge in [0.2, 0.25) is 0 Å². The van der Waals surface area contributed by atoms with Crippen LogP contribution in [0.25, 0.3) is 0 Å². The zero-order chi connectivity index (χ0) is 9.90. The van der Waals surface area contributed by atoms with Crippen LogP contribution in [0.15, 0.2) is 29.3 Å². The van der Waals surface area contributed by atoms with Gasteiger partial charge in [-0.25, -0.2) is 0 Å². The van der Waals surface area contributed by atoms with Crippen molar-refractivity contribution in [2.24, 2.45) is 4.99 Å². The molecular weight excluding hydrogens is 183 g/mol. The van der Waals surface area contributed by atoms with E-state index in [2.05, 4.69) is 16.4 Å². The van der Waals surface area contributed by atoms with Crippen LogP contribution in [-0.2, 0) is 0 Å². The first kappa shape index (κ1) is 9.57. The molecule has 0 aliphatic rings. The summed E-state index contributed by atoms with van der Waals surface area (Å²) in [5.41, 5.74) is 0.335. The standard InChI is InChI=1S/C8H6F3NO/c1-12-6-3-2-4-7(5-6)13-8(9,10)11/h2-5H,1H2. The lowest BCUT2D eigenvalue weighted by molar-refractivity contribution is -0.274. The maximum Gasteiger partial charge on any atom is 0.573 e. The van der Waals surface area contributed by atoms with Gasteiger partial charge >= 0.3 is 6.36 Å². The SMILES string of the molecule is C=Nc1cccc(OC(F)(F)F)c1. The summed E-state index contributed by atoms with van der Waals surface area (Å²) in [4.78, 5) is 3.46. The third-order valence-corrected chi connectivity index (χ3v) is 1.23. The van der Waals surface area contributed by atoms with Gasteiger partial charge in [-0.2, -0.15) is 0 Å². The van der Waals surface area contributed by atoms with Gasteiger partial charge in [-0.3, -0.25) is 4.99 Å². The predicted octanol–water partition coefficient (Wildman–Crippen LogP) is 2.92. The number of hydrogen-bond donors (Lipinski definition) is 0. The molecule has 0 saturated heterocycles. The van der Waals surface area contributed by atoms with Crippen molar-refractivity contribution in [3.8, 4) is 5.75 Å². The highest BCUT2D eigenvalue weighted by atomic mass is 19.4. The fraction of sp³-hybridized carbons (Fsp3) is 0.125. The van der Waals surface area contributed by atoms with Crippen LogP contribution in [0.1, 0.15) is 0 Å². The third-order valence-electron chi connectivity index (χ3n) is 1.23. The highest BCUT2D eigenvalue weighted by molar-refractivity contribution is 5.48. The minimum atomic E-state index is -4.67. The number of aliphatic imine (C=N–C) groups is 1.